The van der Waals surface area contributed by atoms with E-state index in [4.69, 9.17) is 0 Å². The minimum atomic E-state index is 0.0299. The Kier molecular flexibility index (Phi) is 7.68. The molecule has 2 N–H and O–H groups in total. The molecule has 0 radical (unpaired) electrons. The molecule has 4 aromatic rings. The Bertz CT molecular complexity index is 1200. The summed E-state index contributed by atoms with van der Waals surface area (Å²) in [5.41, 5.74) is 4.51. The van der Waals surface area contributed by atoms with Crippen molar-refractivity contribution < 1.29 is 4.79 Å². The standard InChI is InChI=1S/C27H30N4OS/c1-3-4-9-20-13-15-22(16-14-20)31-23(32)12-8-17-28-26-25-24(21-10-6-5-7-11-21)19(2)33-27(25)30-18-29-26/h5-7,10-11,13-16,18H,3-4,8-9,12,17H2,1-2H3,(H,31,32)(H,28,29,30). The van der Waals surface area contributed by atoms with Crippen molar-refractivity contribution in [3.63, 3.8) is 0 Å². The molecule has 0 aliphatic rings. The van der Waals surface area contributed by atoms with Gasteiger partial charge in [0.05, 0.1) is 5.39 Å². The molecule has 2 heterocycles. The molecular formula is C27H30N4OS. The van der Waals surface area contributed by atoms with E-state index in [0.29, 0.717) is 13.0 Å². The lowest BCUT2D eigenvalue weighted by molar-refractivity contribution is -0.116. The molecule has 1 amide bonds. The number of aromatic nitrogens is 2. The molecule has 0 saturated carbocycles. The predicted molar refractivity (Wildman–Crippen MR) is 139 cm³/mol. The summed E-state index contributed by atoms with van der Waals surface area (Å²) in [5.74, 6) is 0.855. The highest BCUT2D eigenvalue weighted by atomic mass is 32.1. The van der Waals surface area contributed by atoms with Gasteiger partial charge >= 0.3 is 0 Å². The van der Waals surface area contributed by atoms with Gasteiger partial charge in [0.25, 0.3) is 0 Å². The number of thiophene rings is 1. The molecule has 0 fully saturated rings. The van der Waals surface area contributed by atoms with Crippen molar-refractivity contribution in [3.05, 3.63) is 71.4 Å². The molecular weight excluding hydrogens is 428 g/mol. The Morgan fingerprint density at radius 2 is 1.79 bits per heavy atom. The molecule has 4 rings (SSSR count). The van der Waals surface area contributed by atoms with Crippen molar-refractivity contribution in [2.24, 2.45) is 0 Å². The van der Waals surface area contributed by atoms with Gasteiger partial charge in [0.1, 0.15) is 17.0 Å². The quantitative estimate of drug-likeness (QED) is 0.255. The van der Waals surface area contributed by atoms with Crippen molar-refractivity contribution in [1.82, 2.24) is 9.97 Å². The zero-order chi connectivity index (χ0) is 23.0. The fraction of sp³-hybridized carbons (Fsp3) is 0.296. The van der Waals surface area contributed by atoms with Crippen LogP contribution in [0.1, 0.15) is 43.0 Å². The zero-order valence-electron chi connectivity index (χ0n) is 19.2. The molecule has 0 atom stereocenters. The maximum atomic E-state index is 12.4. The van der Waals surface area contributed by atoms with E-state index >= 15 is 0 Å². The number of nitrogens with one attached hydrogen (secondary N) is 2. The number of anilines is 2. The molecule has 33 heavy (non-hydrogen) atoms. The molecule has 0 aliphatic heterocycles. The van der Waals surface area contributed by atoms with Gasteiger partial charge in [-0.05, 0) is 49.4 Å². The SMILES string of the molecule is CCCCc1ccc(NC(=O)CCCNc2ncnc3sc(C)c(-c4ccccc4)c23)cc1. The van der Waals surface area contributed by atoms with Gasteiger partial charge in [0, 0.05) is 29.1 Å². The number of carbonyl (C=O) groups is 1. The smallest absolute Gasteiger partial charge is 0.224 e. The summed E-state index contributed by atoms with van der Waals surface area (Å²) in [5, 5.41) is 7.48. The van der Waals surface area contributed by atoms with Crippen LogP contribution in [0.3, 0.4) is 0 Å². The van der Waals surface area contributed by atoms with Gasteiger partial charge in [0.15, 0.2) is 0 Å². The topological polar surface area (TPSA) is 66.9 Å². The largest absolute Gasteiger partial charge is 0.369 e. The lowest BCUT2D eigenvalue weighted by Crippen LogP contribution is -2.13. The molecule has 170 valence electrons. The highest BCUT2D eigenvalue weighted by Crippen LogP contribution is 2.40. The highest BCUT2D eigenvalue weighted by molar-refractivity contribution is 7.19. The van der Waals surface area contributed by atoms with E-state index in [2.05, 4.69) is 58.7 Å². The van der Waals surface area contributed by atoms with Crippen molar-refractivity contribution >= 4 is 39.0 Å². The van der Waals surface area contributed by atoms with Crippen molar-refractivity contribution in [3.8, 4) is 11.1 Å². The third-order valence-electron chi connectivity index (χ3n) is 5.66. The summed E-state index contributed by atoms with van der Waals surface area (Å²) in [6, 6.07) is 18.5. The van der Waals surface area contributed by atoms with Crippen LogP contribution in [0.2, 0.25) is 0 Å². The summed E-state index contributed by atoms with van der Waals surface area (Å²) in [7, 11) is 0. The van der Waals surface area contributed by atoms with Gasteiger partial charge in [-0.1, -0.05) is 55.8 Å². The molecule has 0 unspecified atom stereocenters. The summed E-state index contributed by atoms with van der Waals surface area (Å²) in [6.07, 6.45) is 6.24. The van der Waals surface area contributed by atoms with Crippen LogP contribution in [0.4, 0.5) is 11.5 Å². The van der Waals surface area contributed by atoms with Crippen molar-refractivity contribution in [2.75, 3.05) is 17.2 Å². The van der Waals surface area contributed by atoms with Gasteiger partial charge in [-0.15, -0.1) is 11.3 Å². The third-order valence-corrected chi connectivity index (χ3v) is 6.67. The molecule has 2 aromatic carbocycles. The number of amides is 1. The highest BCUT2D eigenvalue weighted by Gasteiger charge is 2.16. The average molecular weight is 459 g/mol. The van der Waals surface area contributed by atoms with Crippen LogP contribution >= 0.6 is 11.3 Å². The maximum absolute atomic E-state index is 12.4. The molecule has 5 nitrogen and oxygen atoms in total. The maximum Gasteiger partial charge on any atom is 0.224 e. The monoisotopic (exact) mass is 458 g/mol. The van der Waals surface area contributed by atoms with Gasteiger partial charge in [-0.3, -0.25) is 4.79 Å². The van der Waals surface area contributed by atoms with Crippen molar-refractivity contribution in [2.45, 2.75) is 46.0 Å². The third kappa shape index (κ3) is 5.76. The van der Waals surface area contributed by atoms with Crippen LogP contribution in [0.15, 0.2) is 60.9 Å². The zero-order valence-corrected chi connectivity index (χ0v) is 20.0. The van der Waals surface area contributed by atoms with Gasteiger partial charge in [-0.2, -0.15) is 0 Å². The molecule has 2 aromatic heterocycles. The van der Waals surface area contributed by atoms with Crippen molar-refractivity contribution in [1.29, 1.82) is 0 Å². The molecule has 0 aliphatic carbocycles. The Morgan fingerprint density at radius 3 is 2.55 bits per heavy atom. The second kappa shape index (κ2) is 11.1. The van der Waals surface area contributed by atoms with Crippen LogP contribution in [0.5, 0.6) is 0 Å². The summed E-state index contributed by atoms with van der Waals surface area (Å²) in [6.45, 7) is 4.98. The fourth-order valence-corrected chi connectivity index (χ4v) is 4.96. The lowest BCUT2D eigenvalue weighted by Gasteiger charge is -2.10. The minimum Gasteiger partial charge on any atom is -0.369 e. The van der Waals surface area contributed by atoms with Crippen LogP contribution in [0.25, 0.3) is 21.3 Å². The fourth-order valence-electron chi connectivity index (χ4n) is 3.95. The van der Waals surface area contributed by atoms with Crippen LogP contribution < -0.4 is 10.6 Å². The predicted octanol–water partition coefficient (Wildman–Crippen LogP) is 6.84. The van der Waals surface area contributed by atoms with E-state index in [-0.39, 0.29) is 5.91 Å². The molecule has 6 heteroatoms. The first-order chi connectivity index (χ1) is 16.2. The molecule has 0 bridgehead atoms. The number of rotatable bonds is 10. The number of hydrogen-bond acceptors (Lipinski definition) is 5. The second-order valence-electron chi connectivity index (χ2n) is 8.18. The first kappa shape index (κ1) is 22.9. The van der Waals surface area contributed by atoms with Gasteiger partial charge in [-0.25, -0.2) is 9.97 Å². The van der Waals surface area contributed by atoms with E-state index in [1.807, 2.05) is 30.3 Å². The summed E-state index contributed by atoms with van der Waals surface area (Å²) < 4.78 is 0. The first-order valence-electron chi connectivity index (χ1n) is 11.6. The molecule has 0 spiro atoms. The average Bonchev–Trinajstić information content (AvgIpc) is 3.18. The van der Waals surface area contributed by atoms with E-state index < -0.39 is 0 Å². The Labute approximate surface area is 199 Å². The normalized spacial score (nSPS) is 11.0. The molecule has 0 saturated heterocycles. The van der Waals surface area contributed by atoms with E-state index in [9.17, 15) is 4.79 Å². The van der Waals surface area contributed by atoms with E-state index in [1.54, 1.807) is 17.7 Å². The van der Waals surface area contributed by atoms with Crippen LogP contribution in [-0.4, -0.2) is 22.4 Å². The lowest BCUT2D eigenvalue weighted by atomic mass is 10.0. The number of aryl methyl sites for hydroxylation is 2. The van der Waals surface area contributed by atoms with E-state index in [1.165, 1.54) is 34.4 Å². The summed E-state index contributed by atoms with van der Waals surface area (Å²) in [4.78, 5) is 23.6. The number of hydrogen-bond donors (Lipinski definition) is 2. The van der Waals surface area contributed by atoms with E-state index in [0.717, 1.165) is 34.6 Å². The Morgan fingerprint density at radius 1 is 1.00 bits per heavy atom. The Hall–Kier alpha value is -3.25. The number of unbranched alkanes of at least 4 members (excludes halogenated alkanes) is 1. The van der Waals surface area contributed by atoms with Crippen LogP contribution in [0, 0.1) is 6.92 Å². The summed E-state index contributed by atoms with van der Waals surface area (Å²) >= 11 is 1.68. The number of nitrogens with zero attached hydrogens (tertiary/aromatic N) is 2. The number of fused-ring (bicyclic) bond motifs is 1. The Balaban J connectivity index is 1.34. The van der Waals surface area contributed by atoms with Crippen LogP contribution in [-0.2, 0) is 11.2 Å². The van der Waals surface area contributed by atoms with Gasteiger partial charge < -0.3 is 10.6 Å². The number of carbonyl (C=O) groups excluding carboxylic acids is 1. The minimum absolute atomic E-state index is 0.0299. The first-order valence-corrected chi connectivity index (χ1v) is 12.4. The van der Waals surface area contributed by atoms with Gasteiger partial charge in [0.2, 0.25) is 5.91 Å². The second-order valence-corrected chi connectivity index (χ2v) is 9.38. The number of benzene rings is 2.